The van der Waals surface area contributed by atoms with E-state index in [0.717, 1.165) is 12.8 Å². The lowest BCUT2D eigenvalue weighted by Crippen LogP contribution is -2.46. The molecule has 0 aliphatic heterocycles. The fourth-order valence-electron chi connectivity index (χ4n) is 4.49. The third kappa shape index (κ3) is 1.91. The van der Waals surface area contributed by atoms with E-state index in [2.05, 4.69) is 30.6 Å². The first-order valence-corrected chi connectivity index (χ1v) is 9.03. The zero-order valence-corrected chi connectivity index (χ0v) is 14.2. The molecule has 3 rings (SSSR count). The lowest BCUT2D eigenvalue weighted by molar-refractivity contribution is 0.130. The molecule has 0 aromatic carbocycles. The zero-order chi connectivity index (χ0) is 15.6. The Balaban J connectivity index is 1.92. The fourth-order valence-corrected chi connectivity index (χ4v) is 6.18. The van der Waals surface area contributed by atoms with Crippen LogP contribution in [0.2, 0.25) is 0 Å². The molecule has 3 atom stereocenters. The molecule has 0 amide bonds. The first-order valence-electron chi connectivity index (χ1n) is 7.55. The number of nitrogens with one attached hydrogen (secondary N) is 1. The lowest BCUT2D eigenvalue weighted by Gasteiger charge is -2.39. The maximum absolute atomic E-state index is 12.7. The Hall–Kier alpha value is -0.880. The van der Waals surface area contributed by atoms with Crippen LogP contribution in [-0.4, -0.2) is 19.6 Å². The van der Waals surface area contributed by atoms with Crippen molar-refractivity contribution in [1.29, 1.82) is 0 Å². The van der Waals surface area contributed by atoms with Crippen LogP contribution in [0.3, 0.4) is 0 Å². The number of sulfonamides is 1. The normalized spacial score (nSPS) is 34.5. The van der Waals surface area contributed by atoms with Crippen molar-refractivity contribution in [2.24, 2.45) is 16.7 Å². The van der Waals surface area contributed by atoms with Crippen molar-refractivity contribution in [3.8, 4) is 0 Å². The van der Waals surface area contributed by atoms with Crippen LogP contribution in [0.4, 0.5) is 0 Å². The van der Waals surface area contributed by atoms with Crippen LogP contribution in [0, 0.1) is 30.6 Å². The quantitative estimate of drug-likeness (QED) is 0.931. The van der Waals surface area contributed by atoms with Crippen molar-refractivity contribution in [3.63, 3.8) is 0 Å². The first-order chi connectivity index (χ1) is 9.59. The van der Waals surface area contributed by atoms with Crippen molar-refractivity contribution in [3.05, 3.63) is 11.5 Å². The molecular weight excluding hydrogens is 288 g/mol. The number of aryl methyl sites for hydroxylation is 2. The van der Waals surface area contributed by atoms with Crippen molar-refractivity contribution in [1.82, 2.24) is 9.88 Å². The van der Waals surface area contributed by atoms with E-state index < -0.39 is 10.0 Å². The monoisotopic (exact) mass is 312 g/mol. The molecule has 1 aromatic heterocycles. The van der Waals surface area contributed by atoms with Gasteiger partial charge in [0.15, 0.2) is 5.76 Å². The summed E-state index contributed by atoms with van der Waals surface area (Å²) in [6.07, 6.45) is 3.21. The van der Waals surface area contributed by atoms with E-state index in [4.69, 9.17) is 4.52 Å². The second-order valence-corrected chi connectivity index (χ2v) is 9.09. The summed E-state index contributed by atoms with van der Waals surface area (Å²) in [5, 5.41) is 3.76. The minimum atomic E-state index is -3.58. The summed E-state index contributed by atoms with van der Waals surface area (Å²) in [6.45, 7) is 10.1. The maximum Gasteiger partial charge on any atom is 0.246 e. The average molecular weight is 312 g/mol. The molecule has 2 aliphatic carbocycles. The number of aromatic nitrogens is 1. The van der Waals surface area contributed by atoms with Gasteiger partial charge in [0.25, 0.3) is 0 Å². The molecule has 2 saturated carbocycles. The van der Waals surface area contributed by atoms with Gasteiger partial charge in [-0.2, -0.15) is 0 Å². The van der Waals surface area contributed by atoms with Crippen LogP contribution in [0.5, 0.6) is 0 Å². The summed E-state index contributed by atoms with van der Waals surface area (Å²) in [4.78, 5) is 0.201. The Morgan fingerprint density at radius 2 is 1.95 bits per heavy atom. The van der Waals surface area contributed by atoms with Gasteiger partial charge in [-0.05, 0) is 49.9 Å². The Labute approximate surface area is 126 Å². The van der Waals surface area contributed by atoms with E-state index in [1.54, 1.807) is 13.8 Å². The maximum atomic E-state index is 12.7. The molecular formula is C15H24N2O3S. The average Bonchev–Trinajstić information content (AvgIpc) is 2.87. The highest BCUT2D eigenvalue weighted by molar-refractivity contribution is 7.89. The Morgan fingerprint density at radius 1 is 1.29 bits per heavy atom. The minimum absolute atomic E-state index is 0.00931. The summed E-state index contributed by atoms with van der Waals surface area (Å²) in [5.74, 6) is 0.951. The fraction of sp³-hybridized carbons (Fsp3) is 0.800. The molecule has 0 saturated heterocycles. The molecule has 0 unspecified atom stereocenters. The Morgan fingerprint density at radius 3 is 2.38 bits per heavy atom. The van der Waals surface area contributed by atoms with Gasteiger partial charge in [-0.1, -0.05) is 25.9 Å². The lowest BCUT2D eigenvalue weighted by atomic mass is 9.69. The molecule has 118 valence electrons. The van der Waals surface area contributed by atoms with Crippen molar-refractivity contribution in [2.45, 2.75) is 64.8 Å². The number of rotatable bonds is 3. The van der Waals surface area contributed by atoms with E-state index in [1.807, 2.05) is 0 Å². The van der Waals surface area contributed by atoms with Crippen LogP contribution < -0.4 is 4.72 Å². The summed E-state index contributed by atoms with van der Waals surface area (Å²) in [6, 6.07) is -0.00931. The summed E-state index contributed by atoms with van der Waals surface area (Å²) in [5.41, 5.74) is 0.621. The molecule has 0 spiro atoms. The summed E-state index contributed by atoms with van der Waals surface area (Å²) >= 11 is 0. The molecule has 21 heavy (non-hydrogen) atoms. The molecule has 1 heterocycles. The molecule has 2 aliphatic rings. The highest BCUT2D eigenvalue weighted by atomic mass is 32.2. The summed E-state index contributed by atoms with van der Waals surface area (Å²) in [7, 11) is -3.58. The second-order valence-electron chi connectivity index (χ2n) is 7.44. The van der Waals surface area contributed by atoms with Crippen LogP contribution in [0.25, 0.3) is 0 Å². The van der Waals surface area contributed by atoms with E-state index in [1.165, 1.54) is 6.42 Å². The van der Waals surface area contributed by atoms with Crippen LogP contribution in [-0.2, 0) is 10.0 Å². The first kappa shape index (κ1) is 15.0. The van der Waals surface area contributed by atoms with E-state index >= 15 is 0 Å². The predicted molar refractivity (Wildman–Crippen MR) is 79.3 cm³/mol. The SMILES string of the molecule is Cc1noc(C)c1S(=O)(=O)N[C@H]1C[C@@H]2CC[C@@]1(C)C2(C)C. The van der Waals surface area contributed by atoms with Gasteiger partial charge in [0.1, 0.15) is 10.6 Å². The van der Waals surface area contributed by atoms with E-state index in [9.17, 15) is 8.42 Å². The number of fused-ring (bicyclic) bond motifs is 2. The standard InChI is InChI=1S/C15H24N2O3S/c1-9-13(10(2)20-16-9)21(18,19)17-12-8-11-6-7-15(12,5)14(11,3)4/h11-12,17H,6-8H2,1-5H3/t11-,12-,15+/m0/s1. The van der Waals surface area contributed by atoms with Crippen molar-refractivity contribution in [2.75, 3.05) is 0 Å². The topological polar surface area (TPSA) is 72.2 Å². The smallest absolute Gasteiger partial charge is 0.246 e. The number of hydrogen-bond acceptors (Lipinski definition) is 4. The van der Waals surface area contributed by atoms with Crippen LogP contribution in [0.15, 0.2) is 9.42 Å². The highest BCUT2D eigenvalue weighted by Crippen LogP contribution is 2.65. The Bertz CT molecular complexity index is 658. The van der Waals surface area contributed by atoms with Gasteiger partial charge in [-0.15, -0.1) is 0 Å². The van der Waals surface area contributed by atoms with Gasteiger partial charge in [-0.3, -0.25) is 0 Å². The summed E-state index contributed by atoms with van der Waals surface area (Å²) < 4.78 is 33.4. The predicted octanol–water partition coefficient (Wildman–Crippen LogP) is 2.78. The third-order valence-electron chi connectivity index (χ3n) is 6.33. The minimum Gasteiger partial charge on any atom is -0.360 e. The van der Waals surface area contributed by atoms with Crippen molar-refractivity contribution < 1.29 is 12.9 Å². The highest BCUT2D eigenvalue weighted by Gasteiger charge is 2.62. The van der Waals surface area contributed by atoms with Gasteiger partial charge in [-0.25, -0.2) is 13.1 Å². The Kier molecular flexibility index (Phi) is 3.09. The van der Waals surface area contributed by atoms with E-state index in [-0.39, 0.29) is 21.8 Å². The molecule has 5 nitrogen and oxygen atoms in total. The van der Waals surface area contributed by atoms with Gasteiger partial charge >= 0.3 is 0 Å². The molecule has 6 heteroatoms. The van der Waals surface area contributed by atoms with Gasteiger partial charge < -0.3 is 4.52 Å². The number of nitrogens with zero attached hydrogens (tertiary/aromatic N) is 1. The third-order valence-corrected chi connectivity index (χ3v) is 8.04. The van der Waals surface area contributed by atoms with Gasteiger partial charge in [0.05, 0.1) is 0 Å². The largest absolute Gasteiger partial charge is 0.360 e. The van der Waals surface area contributed by atoms with Crippen LogP contribution in [0.1, 0.15) is 51.5 Å². The van der Waals surface area contributed by atoms with E-state index in [0.29, 0.717) is 17.4 Å². The van der Waals surface area contributed by atoms with Gasteiger partial charge in [0, 0.05) is 6.04 Å². The number of hydrogen-bond donors (Lipinski definition) is 1. The second kappa shape index (κ2) is 4.32. The molecule has 2 bridgehead atoms. The zero-order valence-electron chi connectivity index (χ0n) is 13.4. The van der Waals surface area contributed by atoms with Crippen LogP contribution >= 0.6 is 0 Å². The molecule has 1 N–H and O–H groups in total. The van der Waals surface area contributed by atoms with Gasteiger partial charge in [0.2, 0.25) is 10.0 Å². The molecule has 2 fully saturated rings. The molecule has 1 aromatic rings. The molecule has 0 radical (unpaired) electrons. The van der Waals surface area contributed by atoms with Crippen molar-refractivity contribution >= 4 is 10.0 Å².